The summed E-state index contributed by atoms with van der Waals surface area (Å²) >= 11 is 0. The standard InChI is InChI=1S/C14H18FN7/c1-8-16-13(18-12-6-11(20-21-12)9-2-3-9)19-14(17-8)22-5-4-10(15)7-22/h6,9-10H,2-5,7H2,1H3,(H2,16,17,18,19,20,21)/t10-/m1/s1. The molecule has 2 aromatic heterocycles. The van der Waals surface area contributed by atoms with Crippen molar-refractivity contribution in [2.75, 3.05) is 23.3 Å². The van der Waals surface area contributed by atoms with E-state index in [2.05, 4.69) is 30.5 Å². The maximum atomic E-state index is 13.3. The van der Waals surface area contributed by atoms with Crippen LogP contribution < -0.4 is 10.2 Å². The molecular weight excluding hydrogens is 285 g/mol. The molecule has 1 saturated heterocycles. The third-order valence-electron chi connectivity index (χ3n) is 4.00. The SMILES string of the molecule is Cc1nc(Nc2cc(C3CC3)[nH]n2)nc(N2CC[C@@H](F)C2)n1. The predicted octanol–water partition coefficient (Wildman–Crippen LogP) is 2.07. The van der Waals surface area contributed by atoms with E-state index in [0.717, 1.165) is 5.69 Å². The van der Waals surface area contributed by atoms with E-state index in [9.17, 15) is 4.39 Å². The van der Waals surface area contributed by atoms with Gasteiger partial charge in [0.05, 0.1) is 6.54 Å². The largest absolute Gasteiger partial charge is 0.338 e. The van der Waals surface area contributed by atoms with E-state index in [-0.39, 0.29) is 0 Å². The molecule has 2 fully saturated rings. The molecule has 3 heterocycles. The van der Waals surface area contributed by atoms with Gasteiger partial charge in [0.1, 0.15) is 12.0 Å². The van der Waals surface area contributed by atoms with Crippen LogP contribution in [0, 0.1) is 6.92 Å². The van der Waals surface area contributed by atoms with E-state index in [0.29, 0.717) is 49.0 Å². The van der Waals surface area contributed by atoms with Crippen molar-refractivity contribution in [3.8, 4) is 0 Å². The van der Waals surface area contributed by atoms with Gasteiger partial charge in [-0.3, -0.25) is 5.10 Å². The molecule has 0 aromatic carbocycles. The second-order valence-corrected chi connectivity index (χ2v) is 5.95. The van der Waals surface area contributed by atoms with Crippen LogP contribution in [0.15, 0.2) is 6.07 Å². The van der Waals surface area contributed by atoms with Crippen LogP contribution in [0.4, 0.5) is 22.1 Å². The number of nitrogens with zero attached hydrogens (tertiary/aromatic N) is 5. The summed E-state index contributed by atoms with van der Waals surface area (Å²) in [7, 11) is 0. The topological polar surface area (TPSA) is 82.6 Å². The van der Waals surface area contributed by atoms with Crippen LogP contribution in [0.5, 0.6) is 0 Å². The molecule has 0 radical (unpaired) electrons. The minimum atomic E-state index is -0.805. The van der Waals surface area contributed by atoms with Gasteiger partial charge in [-0.2, -0.15) is 20.1 Å². The molecule has 8 heteroatoms. The maximum Gasteiger partial charge on any atom is 0.233 e. The lowest BCUT2D eigenvalue weighted by molar-refractivity contribution is 0.364. The van der Waals surface area contributed by atoms with Crippen molar-refractivity contribution in [3.05, 3.63) is 17.6 Å². The Labute approximate surface area is 127 Å². The van der Waals surface area contributed by atoms with Gasteiger partial charge in [-0.1, -0.05) is 0 Å². The fourth-order valence-corrected chi connectivity index (χ4v) is 2.68. The fraction of sp³-hybridized carbons (Fsp3) is 0.571. The quantitative estimate of drug-likeness (QED) is 0.900. The summed E-state index contributed by atoms with van der Waals surface area (Å²) in [4.78, 5) is 14.8. The first-order chi connectivity index (χ1) is 10.7. The van der Waals surface area contributed by atoms with Crippen LogP contribution in [0.3, 0.4) is 0 Å². The number of anilines is 3. The first kappa shape index (κ1) is 13.4. The molecule has 0 spiro atoms. The first-order valence-electron chi connectivity index (χ1n) is 7.61. The van der Waals surface area contributed by atoms with E-state index in [1.807, 2.05) is 11.0 Å². The van der Waals surface area contributed by atoms with Crippen LogP contribution in [0.1, 0.15) is 36.7 Å². The second kappa shape index (κ2) is 5.19. The number of halogens is 1. The van der Waals surface area contributed by atoms with Gasteiger partial charge in [0.15, 0.2) is 5.82 Å². The predicted molar refractivity (Wildman–Crippen MR) is 80.1 cm³/mol. The lowest BCUT2D eigenvalue weighted by Gasteiger charge is -2.15. The molecule has 7 nitrogen and oxygen atoms in total. The van der Waals surface area contributed by atoms with E-state index in [4.69, 9.17) is 0 Å². The minimum absolute atomic E-state index is 0.344. The van der Waals surface area contributed by atoms with E-state index in [1.165, 1.54) is 12.8 Å². The summed E-state index contributed by atoms with van der Waals surface area (Å²) in [6.07, 6.45) is 2.16. The molecule has 4 rings (SSSR count). The Kier molecular flexibility index (Phi) is 3.16. The highest BCUT2D eigenvalue weighted by Gasteiger charge is 2.26. The number of rotatable bonds is 4. The molecule has 2 N–H and O–H groups in total. The highest BCUT2D eigenvalue weighted by atomic mass is 19.1. The summed E-state index contributed by atoms with van der Waals surface area (Å²) in [6, 6.07) is 1.99. The molecule has 2 aliphatic rings. The lowest BCUT2D eigenvalue weighted by atomic mass is 10.3. The molecule has 22 heavy (non-hydrogen) atoms. The minimum Gasteiger partial charge on any atom is -0.338 e. The van der Waals surface area contributed by atoms with Gasteiger partial charge in [0, 0.05) is 24.2 Å². The summed E-state index contributed by atoms with van der Waals surface area (Å²) < 4.78 is 13.3. The van der Waals surface area contributed by atoms with Crippen molar-refractivity contribution in [3.63, 3.8) is 0 Å². The Balaban J connectivity index is 1.54. The molecule has 1 saturated carbocycles. The van der Waals surface area contributed by atoms with Gasteiger partial charge in [-0.25, -0.2) is 4.39 Å². The fourth-order valence-electron chi connectivity index (χ4n) is 2.68. The lowest BCUT2D eigenvalue weighted by Crippen LogP contribution is -2.23. The highest BCUT2D eigenvalue weighted by Crippen LogP contribution is 2.39. The number of alkyl halides is 1. The normalized spacial score (nSPS) is 21.4. The molecule has 2 aromatic rings. The highest BCUT2D eigenvalue weighted by molar-refractivity contribution is 5.50. The van der Waals surface area contributed by atoms with Gasteiger partial charge < -0.3 is 10.2 Å². The summed E-state index contributed by atoms with van der Waals surface area (Å²) in [5.74, 6) is 2.88. The van der Waals surface area contributed by atoms with Crippen molar-refractivity contribution in [2.45, 2.75) is 38.3 Å². The summed E-state index contributed by atoms with van der Waals surface area (Å²) in [6.45, 7) is 2.79. The number of aromatic amines is 1. The second-order valence-electron chi connectivity index (χ2n) is 5.95. The van der Waals surface area contributed by atoms with Gasteiger partial charge >= 0.3 is 0 Å². The van der Waals surface area contributed by atoms with Crippen molar-refractivity contribution in [1.82, 2.24) is 25.1 Å². The molecule has 0 bridgehead atoms. The van der Waals surface area contributed by atoms with Crippen molar-refractivity contribution in [2.24, 2.45) is 0 Å². The number of H-pyrrole nitrogens is 1. The number of hydrogen-bond acceptors (Lipinski definition) is 6. The number of aromatic nitrogens is 5. The zero-order valence-corrected chi connectivity index (χ0v) is 12.4. The summed E-state index contributed by atoms with van der Waals surface area (Å²) in [5, 5.41) is 10.4. The molecule has 116 valence electrons. The molecule has 1 aliphatic carbocycles. The molecule has 0 unspecified atom stereocenters. The van der Waals surface area contributed by atoms with Gasteiger partial charge in [-0.05, 0) is 26.2 Å². The molecule has 0 amide bonds. The number of hydrogen-bond donors (Lipinski definition) is 2. The van der Waals surface area contributed by atoms with E-state index in [1.54, 1.807) is 6.92 Å². The Bertz CT molecular complexity index is 682. The monoisotopic (exact) mass is 303 g/mol. The Morgan fingerprint density at radius 1 is 1.27 bits per heavy atom. The molecule has 1 atom stereocenters. The average molecular weight is 303 g/mol. The Hall–Kier alpha value is -2.25. The summed E-state index contributed by atoms with van der Waals surface area (Å²) in [5.41, 5.74) is 1.15. The third-order valence-corrected chi connectivity index (χ3v) is 4.00. The zero-order chi connectivity index (χ0) is 15.1. The molecule has 1 aliphatic heterocycles. The van der Waals surface area contributed by atoms with Crippen molar-refractivity contribution in [1.29, 1.82) is 0 Å². The maximum absolute atomic E-state index is 13.3. The zero-order valence-electron chi connectivity index (χ0n) is 12.4. The van der Waals surface area contributed by atoms with Gasteiger partial charge in [0.2, 0.25) is 11.9 Å². The smallest absolute Gasteiger partial charge is 0.233 e. The first-order valence-corrected chi connectivity index (χ1v) is 7.61. The van der Waals surface area contributed by atoms with Crippen molar-refractivity contribution < 1.29 is 4.39 Å². The van der Waals surface area contributed by atoms with Gasteiger partial charge in [0.25, 0.3) is 0 Å². The number of aryl methyl sites for hydroxylation is 1. The average Bonchev–Trinajstić information content (AvgIpc) is 3.08. The van der Waals surface area contributed by atoms with Crippen LogP contribution in [0.2, 0.25) is 0 Å². The van der Waals surface area contributed by atoms with Crippen LogP contribution >= 0.6 is 0 Å². The third kappa shape index (κ3) is 2.72. The van der Waals surface area contributed by atoms with Crippen LogP contribution in [-0.4, -0.2) is 44.4 Å². The van der Waals surface area contributed by atoms with E-state index < -0.39 is 6.17 Å². The Morgan fingerprint density at radius 2 is 2.14 bits per heavy atom. The Morgan fingerprint density at radius 3 is 2.86 bits per heavy atom. The number of nitrogens with one attached hydrogen (secondary N) is 2. The van der Waals surface area contributed by atoms with Crippen LogP contribution in [-0.2, 0) is 0 Å². The van der Waals surface area contributed by atoms with Gasteiger partial charge in [-0.15, -0.1) is 0 Å². The van der Waals surface area contributed by atoms with E-state index >= 15 is 0 Å². The van der Waals surface area contributed by atoms with Crippen LogP contribution in [0.25, 0.3) is 0 Å². The van der Waals surface area contributed by atoms with Crippen molar-refractivity contribution >= 4 is 17.7 Å². The molecular formula is C14H18FN7.